The molecule has 0 aliphatic carbocycles. The number of rotatable bonds is 4. The summed E-state index contributed by atoms with van der Waals surface area (Å²) >= 11 is 12.0. The molecule has 0 bridgehead atoms. The van der Waals surface area contributed by atoms with Gasteiger partial charge in [-0.05, 0) is 38.5 Å². The molecule has 0 spiro atoms. The molecular weight excluding hydrogens is 313 g/mol. The Labute approximate surface area is 134 Å². The average molecular weight is 330 g/mol. The monoisotopic (exact) mass is 329 g/mol. The molecule has 0 heterocycles. The van der Waals surface area contributed by atoms with Crippen LogP contribution in [0.2, 0.25) is 10.0 Å². The van der Waals surface area contributed by atoms with E-state index in [1.54, 1.807) is 23.1 Å². The molecule has 0 aliphatic heterocycles. The lowest BCUT2D eigenvalue weighted by atomic mass is 10.0. The quantitative estimate of drug-likeness (QED) is 0.855. The van der Waals surface area contributed by atoms with Crippen molar-refractivity contribution < 1.29 is 14.7 Å². The average Bonchev–Trinajstić information content (AvgIpc) is 2.33. The van der Waals surface area contributed by atoms with E-state index >= 15 is 0 Å². The first-order valence-electron chi connectivity index (χ1n) is 6.28. The highest BCUT2D eigenvalue weighted by atomic mass is 35.5. The Bertz CT molecular complexity index is 577. The van der Waals surface area contributed by atoms with Gasteiger partial charge < -0.3 is 10.0 Å². The Kier molecular flexibility index (Phi) is 5.81. The molecule has 0 saturated carbocycles. The van der Waals surface area contributed by atoms with Crippen molar-refractivity contribution in [3.8, 4) is 0 Å². The van der Waals surface area contributed by atoms with Gasteiger partial charge in [0.25, 0.3) is 0 Å². The fraction of sp³-hybridized carbons (Fsp3) is 0.333. The molecule has 0 saturated heterocycles. The van der Waals surface area contributed by atoms with E-state index in [-0.39, 0.29) is 6.54 Å². The van der Waals surface area contributed by atoms with E-state index in [4.69, 9.17) is 28.3 Å². The topological polar surface area (TPSA) is 57.6 Å². The van der Waals surface area contributed by atoms with Gasteiger partial charge in [0, 0.05) is 34.3 Å². The number of carboxylic acids is 1. The number of nitrogens with zero attached hydrogens (tertiary/aromatic N) is 1. The molecule has 1 rings (SSSR count). The molecule has 1 amide bonds. The minimum atomic E-state index is -1.17. The van der Waals surface area contributed by atoms with Gasteiger partial charge in [-0.2, -0.15) is 0 Å². The Morgan fingerprint density at radius 3 is 2.33 bits per heavy atom. The van der Waals surface area contributed by atoms with Crippen LogP contribution in [-0.2, 0) is 16.1 Å². The second kappa shape index (κ2) is 6.96. The third kappa shape index (κ3) is 5.40. The summed E-state index contributed by atoms with van der Waals surface area (Å²) in [4.78, 5) is 24.3. The Balaban J connectivity index is 3.04. The molecular formula is C15H17Cl2NO3. The lowest BCUT2D eigenvalue weighted by molar-refractivity contribution is -0.134. The summed E-state index contributed by atoms with van der Waals surface area (Å²) in [6.07, 6.45) is 1.86. The number of carboxylic acid groups (broad SMARTS) is 1. The van der Waals surface area contributed by atoms with Crippen LogP contribution in [0.1, 0.15) is 26.3 Å². The molecule has 0 radical (unpaired) electrons. The Morgan fingerprint density at radius 1 is 1.24 bits per heavy atom. The number of carbonyl (C=O) groups excluding carboxylic acids is 1. The van der Waals surface area contributed by atoms with Crippen LogP contribution in [0.3, 0.4) is 0 Å². The molecule has 114 valence electrons. The number of hydrogen-bond donors (Lipinski definition) is 1. The van der Waals surface area contributed by atoms with E-state index in [1.165, 1.54) is 0 Å². The maximum Gasteiger partial charge on any atom is 0.328 e. The summed E-state index contributed by atoms with van der Waals surface area (Å²) in [5, 5.41) is 9.60. The summed E-state index contributed by atoms with van der Waals surface area (Å²) in [6.45, 7) is 5.86. The van der Waals surface area contributed by atoms with Crippen molar-refractivity contribution in [2.45, 2.75) is 32.9 Å². The first-order valence-corrected chi connectivity index (χ1v) is 7.03. The molecule has 0 atom stereocenters. The molecule has 0 aliphatic rings. The minimum absolute atomic E-state index is 0.266. The van der Waals surface area contributed by atoms with E-state index in [9.17, 15) is 9.59 Å². The summed E-state index contributed by atoms with van der Waals surface area (Å²) in [7, 11) is 0. The van der Waals surface area contributed by atoms with Gasteiger partial charge in [0.2, 0.25) is 5.91 Å². The number of halogens is 2. The highest BCUT2D eigenvalue weighted by molar-refractivity contribution is 6.35. The predicted octanol–water partition coefficient (Wildman–Crippen LogP) is 3.76. The number of carbonyl (C=O) groups is 2. The van der Waals surface area contributed by atoms with Crippen molar-refractivity contribution in [2.24, 2.45) is 0 Å². The molecule has 4 nitrogen and oxygen atoms in total. The Hall–Kier alpha value is -1.52. The van der Waals surface area contributed by atoms with Crippen LogP contribution < -0.4 is 0 Å². The van der Waals surface area contributed by atoms with Gasteiger partial charge in [0.05, 0.1) is 0 Å². The number of aliphatic carboxylic acids is 1. The number of hydrogen-bond acceptors (Lipinski definition) is 2. The van der Waals surface area contributed by atoms with Crippen LogP contribution in [-0.4, -0.2) is 27.4 Å². The SMILES string of the molecule is CC(C)(C)N(Cc1ccc(Cl)cc1Cl)C(=O)C=CC(=O)O. The van der Waals surface area contributed by atoms with Crippen LogP contribution in [0, 0.1) is 0 Å². The zero-order valence-corrected chi connectivity index (χ0v) is 13.6. The van der Waals surface area contributed by atoms with Crippen molar-refractivity contribution in [1.29, 1.82) is 0 Å². The fourth-order valence-corrected chi connectivity index (χ4v) is 2.17. The van der Waals surface area contributed by atoms with Crippen LogP contribution in [0.4, 0.5) is 0 Å². The summed E-state index contributed by atoms with van der Waals surface area (Å²) in [6, 6.07) is 5.05. The van der Waals surface area contributed by atoms with Crippen molar-refractivity contribution in [1.82, 2.24) is 4.90 Å². The van der Waals surface area contributed by atoms with Gasteiger partial charge in [-0.15, -0.1) is 0 Å². The Morgan fingerprint density at radius 2 is 1.86 bits per heavy atom. The second-order valence-electron chi connectivity index (χ2n) is 5.50. The zero-order valence-electron chi connectivity index (χ0n) is 12.1. The summed E-state index contributed by atoms with van der Waals surface area (Å²) < 4.78 is 0. The molecule has 0 aromatic heterocycles. The molecule has 6 heteroatoms. The van der Waals surface area contributed by atoms with E-state index in [0.29, 0.717) is 10.0 Å². The van der Waals surface area contributed by atoms with Crippen molar-refractivity contribution >= 4 is 35.1 Å². The summed E-state index contributed by atoms with van der Waals surface area (Å²) in [5.41, 5.74) is 0.260. The van der Waals surface area contributed by atoms with Gasteiger partial charge in [0.15, 0.2) is 0 Å². The maximum absolute atomic E-state index is 12.2. The van der Waals surface area contributed by atoms with Gasteiger partial charge in [-0.1, -0.05) is 29.3 Å². The highest BCUT2D eigenvalue weighted by Gasteiger charge is 2.25. The third-order valence-corrected chi connectivity index (χ3v) is 3.37. The number of amides is 1. The van der Waals surface area contributed by atoms with E-state index in [0.717, 1.165) is 17.7 Å². The van der Waals surface area contributed by atoms with Crippen LogP contribution in [0.25, 0.3) is 0 Å². The molecule has 0 unspecified atom stereocenters. The molecule has 1 aromatic carbocycles. The third-order valence-electron chi connectivity index (χ3n) is 2.79. The fourth-order valence-electron chi connectivity index (χ4n) is 1.70. The molecule has 21 heavy (non-hydrogen) atoms. The van der Waals surface area contributed by atoms with Crippen LogP contribution >= 0.6 is 23.2 Å². The lowest BCUT2D eigenvalue weighted by Crippen LogP contribution is -2.44. The lowest BCUT2D eigenvalue weighted by Gasteiger charge is -2.35. The van der Waals surface area contributed by atoms with E-state index < -0.39 is 17.4 Å². The maximum atomic E-state index is 12.2. The van der Waals surface area contributed by atoms with E-state index in [2.05, 4.69) is 0 Å². The van der Waals surface area contributed by atoms with Crippen LogP contribution in [0.5, 0.6) is 0 Å². The van der Waals surface area contributed by atoms with Crippen molar-refractivity contribution in [3.63, 3.8) is 0 Å². The molecule has 1 N–H and O–H groups in total. The van der Waals surface area contributed by atoms with Gasteiger partial charge >= 0.3 is 5.97 Å². The first-order chi connectivity index (χ1) is 9.61. The standard InChI is InChI=1S/C15H17Cl2NO3/c1-15(2,3)18(13(19)6-7-14(20)21)9-10-4-5-11(16)8-12(10)17/h4-8H,9H2,1-3H3,(H,20,21). The van der Waals surface area contributed by atoms with Crippen molar-refractivity contribution in [2.75, 3.05) is 0 Å². The van der Waals surface area contributed by atoms with Gasteiger partial charge in [-0.25, -0.2) is 4.79 Å². The van der Waals surface area contributed by atoms with Gasteiger partial charge in [0.1, 0.15) is 0 Å². The normalized spacial score (nSPS) is 11.7. The van der Waals surface area contributed by atoms with Crippen LogP contribution in [0.15, 0.2) is 30.4 Å². The summed E-state index contributed by atoms with van der Waals surface area (Å²) in [5.74, 6) is -1.56. The van der Waals surface area contributed by atoms with Gasteiger partial charge in [-0.3, -0.25) is 4.79 Å². The van der Waals surface area contributed by atoms with Crippen molar-refractivity contribution in [3.05, 3.63) is 46.0 Å². The highest BCUT2D eigenvalue weighted by Crippen LogP contribution is 2.25. The number of benzene rings is 1. The predicted molar refractivity (Wildman–Crippen MR) is 83.5 cm³/mol. The molecule has 0 fully saturated rings. The minimum Gasteiger partial charge on any atom is -0.478 e. The smallest absolute Gasteiger partial charge is 0.328 e. The second-order valence-corrected chi connectivity index (χ2v) is 6.35. The zero-order chi connectivity index (χ0) is 16.2. The molecule has 1 aromatic rings. The van der Waals surface area contributed by atoms with E-state index in [1.807, 2.05) is 20.8 Å². The largest absolute Gasteiger partial charge is 0.478 e. The first kappa shape index (κ1) is 17.5.